The number of rotatable bonds is 3. The third-order valence-corrected chi connectivity index (χ3v) is 3.12. The Bertz CT molecular complexity index is 308. The van der Waals surface area contributed by atoms with Crippen molar-refractivity contribution in [3.05, 3.63) is 0 Å². The minimum atomic E-state index is -0.0449. The smallest absolute Gasteiger partial charge is 0.224 e. The zero-order valence-corrected chi connectivity index (χ0v) is 11.3. The number of halogens is 1. The van der Waals surface area contributed by atoms with E-state index in [0.29, 0.717) is 26.0 Å². The van der Waals surface area contributed by atoms with Crippen LogP contribution in [-0.4, -0.2) is 62.1 Å². The van der Waals surface area contributed by atoms with Crippen molar-refractivity contribution in [2.45, 2.75) is 25.0 Å². The SMILES string of the molecule is CN1CC(NC(=O)CC2CNCCO2)CC1=O.Cl. The fourth-order valence-electron chi connectivity index (χ4n) is 2.20. The summed E-state index contributed by atoms with van der Waals surface area (Å²) in [4.78, 5) is 24.7. The van der Waals surface area contributed by atoms with E-state index in [-0.39, 0.29) is 36.4 Å². The van der Waals surface area contributed by atoms with E-state index in [1.807, 2.05) is 0 Å². The molecule has 0 aliphatic carbocycles. The maximum Gasteiger partial charge on any atom is 0.224 e. The molecule has 6 nitrogen and oxygen atoms in total. The lowest BCUT2D eigenvalue weighted by Gasteiger charge is -2.23. The molecule has 104 valence electrons. The number of ether oxygens (including phenoxy) is 1. The molecule has 2 N–H and O–H groups in total. The largest absolute Gasteiger partial charge is 0.375 e. The Balaban J connectivity index is 0.00000162. The average Bonchev–Trinajstić information content (AvgIpc) is 2.59. The molecule has 2 rings (SSSR count). The van der Waals surface area contributed by atoms with E-state index < -0.39 is 0 Å². The van der Waals surface area contributed by atoms with Crippen LogP contribution in [0.25, 0.3) is 0 Å². The van der Waals surface area contributed by atoms with E-state index in [1.165, 1.54) is 0 Å². The van der Waals surface area contributed by atoms with Crippen molar-refractivity contribution in [2.24, 2.45) is 0 Å². The number of hydrogen-bond donors (Lipinski definition) is 2. The number of carbonyl (C=O) groups is 2. The maximum absolute atomic E-state index is 11.7. The van der Waals surface area contributed by atoms with Gasteiger partial charge in [0, 0.05) is 33.1 Å². The third kappa shape index (κ3) is 4.12. The fraction of sp³-hybridized carbons (Fsp3) is 0.818. The first kappa shape index (κ1) is 15.2. The maximum atomic E-state index is 11.7. The molecule has 2 fully saturated rings. The summed E-state index contributed by atoms with van der Waals surface area (Å²) < 4.78 is 5.45. The lowest BCUT2D eigenvalue weighted by atomic mass is 10.2. The van der Waals surface area contributed by atoms with E-state index in [9.17, 15) is 9.59 Å². The number of likely N-dealkylation sites (N-methyl/N-ethyl adjacent to an activating group) is 1. The Hall–Kier alpha value is -0.850. The van der Waals surface area contributed by atoms with Crippen molar-refractivity contribution in [2.75, 3.05) is 33.3 Å². The predicted molar refractivity (Wildman–Crippen MR) is 68.7 cm³/mol. The highest BCUT2D eigenvalue weighted by Crippen LogP contribution is 2.09. The second kappa shape index (κ2) is 6.92. The van der Waals surface area contributed by atoms with Gasteiger partial charge in [-0.1, -0.05) is 0 Å². The van der Waals surface area contributed by atoms with Crippen LogP contribution < -0.4 is 10.6 Å². The molecule has 0 saturated carbocycles. The number of nitrogens with one attached hydrogen (secondary N) is 2. The molecule has 0 aromatic rings. The van der Waals surface area contributed by atoms with Crippen LogP contribution >= 0.6 is 12.4 Å². The van der Waals surface area contributed by atoms with E-state index in [0.717, 1.165) is 13.1 Å². The molecule has 2 heterocycles. The number of nitrogens with zero attached hydrogens (tertiary/aromatic N) is 1. The van der Waals surface area contributed by atoms with Gasteiger partial charge in [-0.2, -0.15) is 0 Å². The zero-order chi connectivity index (χ0) is 12.3. The van der Waals surface area contributed by atoms with Gasteiger partial charge in [0.25, 0.3) is 0 Å². The van der Waals surface area contributed by atoms with Crippen LogP contribution in [0.15, 0.2) is 0 Å². The van der Waals surface area contributed by atoms with Gasteiger partial charge in [0.1, 0.15) is 0 Å². The first-order valence-corrected chi connectivity index (χ1v) is 6.01. The minimum absolute atomic E-state index is 0. The molecular weight excluding hydrogens is 258 g/mol. The summed E-state index contributed by atoms with van der Waals surface area (Å²) in [5.74, 6) is 0.0534. The second-order valence-corrected chi connectivity index (χ2v) is 4.64. The second-order valence-electron chi connectivity index (χ2n) is 4.64. The van der Waals surface area contributed by atoms with Crippen molar-refractivity contribution in [1.29, 1.82) is 0 Å². The first-order valence-electron chi connectivity index (χ1n) is 6.01. The Kier molecular flexibility index (Phi) is 5.84. The zero-order valence-electron chi connectivity index (χ0n) is 10.5. The number of hydrogen-bond acceptors (Lipinski definition) is 4. The molecular formula is C11H20ClN3O3. The molecule has 2 amide bonds. The topological polar surface area (TPSA) is 70.7 Å². The molecule has 2 aliphatic rings. The number of likely N-dealkylation sites (tertiary alicyclic amines) is 1. The molecule has 0 bridgehead atoms. The predicted octanol–water partition coefficient (Wildman–Crippen LogP) is -0.866. The van der Waals surface area contributed by atoms with Gasteiger partial charge in [-0.15, -0.1) is 12.4 Å². The van der Waals surface area contributed by atoms with Crippen molar-refractivity contribution in [3.63, 3.8) is 0 Å². The lowest BCUT2D eigenvalue weighted by Crippen LogP contribution is -2.43. The van der Waals surface area contributed by atoms with Crippen LogP contribution in [0.5, 0.6) is 0 Å². The normalized spacial score (nSPS) is 27.8. The molecule has 0 spiro atoms. The van der Waals surface area contributed by atoms with E-state index >= 15 is 0 Å². The van der Waals surface area contributed by atoms with E-state index in [1.54, 1.807) is 11.9 Å². The summed E-state index contributed by atoms with van der Waals surface area (Å²) in [6.45, 7) is 2.83. The highest BCUT2D eigenvalue weighted by molar-refractivity contribution is 5.85. The van der Waals surface area contributed by atoms with Crippen LogP contribution in [0.2, 0.25) is 0 Å². The van der Waals surface area contributed by atoms with Crippen molar-refractivity contribution < 1.29 is 14.3 Å². The molecule has 2 saturated heterocycles. The molecule has 2 aliphatic heterocycles. The molecule has 0 aromatic carbocycles. The number of morpholine rings is 1. The molecule has 7 heteroatoms. The summed E-state index contributed by atoms with van der Waals surface area (Å²) in [7, 11) is 1.75. The molecule has 18 heavy (non-hydrogen) atoms. The summed E-state index contributed by atoms with van der Waals surface area (Å²) in [5.41, 5.74) is 0. The number of amides is 2. The monoisotopic (exact) mass is 277 g/mol. The van der Waals surface area contributed by atoms with Gasteiger partial charge in [-0.3, -0.25) is 9.59 Å². The lowest BCUT2D eigenvalue weighted by molar-refractivity contribution is -0.126. The van der Waals surface area contributed by atoms with Gasteiger partial charge in [0.15, 0.2) is 0 Å². The standard InChI is InChI=1S/C11H19N3O3.ClH/c1-14-7-8(4-11(14)16)13-10(15)5-9-6-12-2-3-17-9;/h8-9,12H,2-7H2,1H3,(H,13,15);1H. The van der Waals surface area contributed by atoms with Gasteiger partial charge in [-0.25, -0.2) is 0 Å². The van der Waals surface area contributed by atoms with Crippen LogP contribution in [0, 0.1) is 0 Å². The summed E-state index contributed by atoms with van der Waals surface area (Å²) >= 11 is 0. The van der Waals surface area contributed by atoms with Gasteiger partial charge < -0.3 is 20.3 Å². The van der Waals surface area contributed by atoms with E-state index in [2.05, 4.69) is 10.6 Å². The van der Waals surface area contributed by atoms with Gasteiger partial charge in [0.2, 0.25) is 11.8 Å². The van der Waals surface area contributed by atoms with Gasteiger partial charge in [-0.05, 0) is 0 Å². The first-order chi connectivity index (χ1) is 8.15. The Morgan fingerprint density at radius 1 is 1.61 bits per heavy atom. The third-order valence-electron chi connectivity index (χ3n) is 3.12. The quantitative estimate of drug-likeness (QED) is 0.704. The van der Waals surface area contributed by atoms with Crippen molar-refractivity contribution in [3.8, 4) is 0 Å². The molecule has 2 unspecified atom stereocenters. The average molecular weight is 278 g/mol. The summed E-state index contributed by atoms with van der Waals surface area (Å²) in [6.07, 6.45) is 0.728. The Morgan fingerprint density at radius 2 is 2.39 bits per heavy atom. The number of carbonyl (C=O) groups excluding carboxylic acids is 2. The Labute approximate surface area is 113 Å². The van der Waals surface area contributed by atoms with Crippen LogP contribution in [0.4, 0.5) is 0 Å². The highest BCUT2D eigenvalue weighted by atomic mass is 35.5. The molecule has 0 aromatic heterocycles. The van der Waals surface area contributed by atoms with Crippen LogP contribution in [0.1, 0.15) is 12.8 Å². The van der Waals surface area contributed by atoms with Crippen molar-refractivity contribution >= 4 is 24.2 Å². The molecule has 2 atom stereocenters. The van der Waals surface area contributed by atoms with Gasteiger partial charge >= 0.3 is 0 Å². The Morgan fingerprint density at radius 3 is 2.94 bits per heavy atom. The fourth-order valence-corrected chi connectivity index (χ4v) is 2.20. The summed E-state index contributed by atoms with van der Waals surface area (Å²) in [5, 5.41) is 6.06. The van der Waals surface area contributed by atoms with Gasteiger partial charge in [0.05, 0.1) is 25.2 Å². The highest BCUT2D eigenvalue weighted by Gasteiger charge is 2.28. The van der Waals surface area contributed by atoms with Crippen LogP contribution in [-0.2, 0) is 14.3 Å². The van der Waals surface area contributed by atoms with Crippen molar-refractivity contribution in [1.82, 2.24) is 15.5 Å². The minimum Gasteiger partial charge on any atom is -0.375 e. The van der Waals surface area contributed by atoms with E-state index in [4.69, 9.17) is 4.74 Å². The summed E-state index contributed by atoms with van der Waals surface area (Å²) in [6, 6.07) is -0.0449. The van der Waals surface area contributed by atoms with Crippen LogP contribution in [0.3, 0.4) is 0 Å². The molecule has 0 radical (unpaired) electrons.